The molecule has 0 amide bonds. The molecule has 0 aliphatic carbocycles. The molecule has 0 aliphatic rings. The molecule has 2 nitrogen and oxygen atoms in total. The molecular formula is C8H14N2. The van der Waals surface area contributed by atoms with Crippen LogP contribution in [0.2, 0.25) is 0 Å². The van der Waals surface area contributed by atoms with Gasteiger partial charge in [-0.15, -0.1) is 0 Å². The van der Waals surface area contributed by atoms with Gasteiger partial charge in [-0.1, -0.05) is 19.8 Å². The summed E-state index contributed by atoms with van der Waals surface area (Å²) in [6, 6.07) is 0. The second-order valence-corrected chi connectivity index (χ2v) is 2.49. The van der Waals surface area contributed by atoms with Crippen LogP contribution in [0.3, 0.4) is 0 Å². The van der Waals surface area contributed by atoms with E-state index in [2.05, 4.69) is 16.9 Å². The van der Waals surface area contributed by atoms with E-state index in [4.69, 9.17) is 0 Å². The van der Waals surface area contributed by atoms with Crippen LogP contribution < -0.4 is 0 Å². The maximum absolute atomic E-state index is 4.13. The van der Waals surface area contributed by atoms with Crippen molar-refractivity contribution < 1.29 is 0 Å². The van der Waals surface area contributed by atoms with Crippen molar-refractivity contribution in [2.45, 2.75) is 32.6 Å². The fourth-order valence-corrected chi connectivity index (χ4v) is 0.977. The smallest absolute Gasteiger partial charge is 0.105 e. The maximum atomic E-state index is 4.13. The summed E-state index contributed by atoms with van der Waals surface area (Å²) in [6.45, 7) is 2.21. The number of unbranched alkanes of at least 4 members (excludes halogenated alkanes) is 2. The van der Waals surface area contributed by atoms with Crippen LogP contribution in [0.15, 0.2) is 12.4 Å². The van der Waals surface area contributed by atoms with Gasteiger partial charge in [0, 0.05) is 18.8 Å². The number of aromatic nitrogens is 2. The molecular weight excluding hydrogens is 124 g/mol. The molecule has 10 heavy (non-hydrogen) atoms. The number of nitrogens with one attached hydrogen (secondary N) is 1. The number of imidazole rings is 1. The van der Waals surface area contributed by atoms with Gasteiger partial charge in [-0.3, -0.25) is 0 Å². The van der Waals surface area contributed by atoms with Gasteiger partial charge in [0.05, 0.1) is 0 Å². The topological polar surface area (TPSA) is 28.7 Å². The molecule has 1 aromatic rings. The third kappa shape index (κ3) is 2.21. The van der Waals surface area contributed by atoms with Crippen LogP contribution in [0, 0.1) is 0 Å². The molecule has 0 aromatic carbocycles. The largest absolute Gasteiger partial charge is 0.349 e. The highest BCUT2D eigenvalue weighted by molar-refractivity contribution is 4.86. The summed E-state index contributed by atoms with van der Waals surface area (Å²) in [5.74, 6) is 1.12. The van der Waals surface area contributed by atoms with Crippen molar-refractivity contribution in [3.63, 3.8) is 0 Å². The molecule has 0 aliphatic heterocycles. The van der Waals surface area contributed by atoms with Crippen LogP contribution in [-0.2, 0) is 6.42 Å². The number of H-pyrrole nitrogens is 1. The van der Waals surface area contributed by atoms with Crippen LogP contribution in [0.25, 0.3) is 0 Å². The highest BCUT2D eigenvalue weighted by Gasteiger charge is 1.91. The Hall–Kier alpha value is -0.790. The van der Waals surface area contributed by atoms with E-state index >= 15 is 0 Å². The van der Waals surface area contributed by atoms with E-state index in [1.54, 1.807) is 6.20 Å². The minimum Gasteiger partial charge on any atom is -0.349 e. The lowest BCUT2D eigenvalue weighted by molar-refractivity contribution is 0.699. The number of aromatic amines is 1. The normalized spacial score (nSPS) is 10.1. The summed E-state index contributed by atoms with van der Waals surface area (Å²) in [7, 11) is 0. The quantitative estimate of drug-likeness (QED) is 0.634. The first-order valence-electron chi connectivity index (χ1n) is 3.91. The van der Waals surface area contributed by atoms with Gasteiger partial charge >= 0.3 is 0 Å². The molecule has 0 radical (unpaired) electrons. The lowest BCUT2D eigenvalue weighted by Crippen LogP contribution is -1.86. The van der Waals surface area contributed by atoms with Gasteiger partial charge in [-0.2, -0.15) is 0 Å². The van der Waals surface area contributed by atoms with Gasteiger partial charge in [0.25, 0.3) is 0 Å². The first kappa shape index (κ1) is 7.32. The Bertz CT molecular complexity index is 156. The Morgan fingerprint density at radius 3 is 3.00 bits per heavy atom. The van der Waals surface area contributed by atoms with Gasteiger partial charge in [0.1, 0.15) is 5.82 Å². The average molecular weight is 138 g/mol. The fraction of sp³-hybridized carbons (Fsp3) is 0.625. The third-order valence-electron chi connectivity index (χ3n) is 1.57. The van der Waals surface area contributed by atoms with E-state index in [0.717, 1.165) is 12.2 Å². The summed E-state index contributed by atoms with van der Waals surface area (Å²) in [5, 5.41) is 0. The second kappa shape index (κ2) is 4.09. The van der Waals surface area contributed by atoms with Crippen molar-refractivity contribution in [2.75, 3.05) is 0 Å². The molecule has 1 rings (SSSR count). The molecule has 0 saturated heterocycles. The van der Waals surface area contributed by atoms with E-state index < -0.39 is 0 Å². The Morgan fingerprint density at radius 2 is 2.40 bits per heavy atom. The molecule has 0 spiro atoms. The standard InChI is InChI=1S/C8H14N2/c1-2-3-4-5-8-9-6-7-10-8/h6-7H,2-5H2,1H3,(H,9,10). The van der Waals surface area contributed by atoms with Gasteiger partial charge < -0.3 is 4.98 Å². The third-order valence-corrected chi connectivity index (χ3v) is 1.57. The second-order valence-electron chi connectivity index (χ2n) is 2.49. The average Bonchev–Trinajstić information content (AvgIpc) is 2.41. The summed E-state index contributed by atoms with van der Waals surface area (Å²) >= 11 is 0. The number of hydrogen-bond donors (Lipinski definition) is 1. The van der Waals surface area contributed by atoms with Crippen LogP contribution in [0.4, 0.5) is 0 Å². The van der Waals surface area contributed by atoms with Crippen molar-refractivity contribution in [1.29, 1.82) is 0 Å². The Labute approximate surface area is 61.7 Å². The van der Waals surface area contributed by atoms with E-state index in [1.165, 1.54) is 19.3 Å². The van der Waals surface area contributed by atoms with Gasteiger partial charge in [0.15, 0.2) is 0 Å². The number of hydrogen-bond acceptors (Lipinski definition) is 1. The molecule has 1 N–H and O–H groups in total. The highest BCUT2D eigenvalue weighted by atomic mass is 14.9. The maximum Gasteiger partial charge on any atom is 0.105 e. The molecule has 1 heterocycles. The Morgan fingerprint density at radius 1 is 1.50 bits per heavy atom. The minimum atomic E-state index is 1.10. The SMILES string of the molecule is CCCCCc1ncc[nH]1. The lowest BCUT2D eigenvalue weighted by Gasteiger charge is -1.93. The van der Waals surface area contributed by atoms with Crippen LogP contribution in [0.5, 0.6) is 0 Å². The van der Waals surface area contributed by atoms with Crippen molar-refractivity contribution in [1.82, 2.24) is 9.97 Å². The minimum absolute atomic E-state index is 1.10. The van der Waals surface area contributed by atoms with Gasteiger partial charge in [0.2, 0.25) is 0 Å². The zero-order chi connectivity index (χ0) is 7.23. The predicted molar refractivity (Wildman–Crippen MR) is 41.8 cm³/mol. The van der Waals surface area contributed by atoms with Crippen LogP contribution >= 0.6 is 0 Å². The molecule has 0 atom stereocenters. The van der Waals surface area contributed by atoms with E-state index in [0.29, 0.717) is 0 Å². The van der Waals surface area contributed by atoms with Crippen molar-refractivity contribution in [2.24, 2.45) is 0 Å². The monoisotopic (exact) mass is 138 g/mol. The number of nitrogens with zero attached hydrogens (tertiary/aromatic N) is 1. The first-order chi connectivity index (χ1) is 4.93. The summed E-state index contributed by atoms with van der Waals surface area (Å²) in [5.41, 5.74) is 0. The van der Waals surface area contributed by atoms with E-state index in [9.17, 15) is 0 Å². The molecule has 0 saturated carbocycles. The van der Waals surface area contributed by atoms with Crippen molar-refractivity contribution >= 4 is 0 Å². The van der Waals surface area contributed by atoms with Crippen molar-refractivity contribution in [3.8, 4) is 0 Å². The Balaban J connectivity index is 2.15. The van der Waals surface area contributed by atoms with Gasteiger partial charge in [-0.25, -0.2) is 4.98 Å². The number of aryl methyl sites for hydroxylation is 1. The molecule has 0 bridgehead atoms. The van der Waals surface area contributed by atoms with Crippen LogP contribution in [0.1, 0.15) is 32.0 Å². The lowest BCUT2D eigenvalue weighted by atomic mass is 10.2. The molecule has 2 heteroatoms. The summed E-state index contributed by atoms with van der Waals surface area (Å²) < 4.78 is 0. The first-order valence-corrected chi connectivity index (χ1v) is 3.91. The summed E-state index contributed by atoms with van der Waals surface area (Å²) in [4.78, 5) is 7.22. The predicted octanol–water partition coefficient (Wildman–Crippen LogP) is 2.14. The van der Waals surface area contributed by atoms with Crippen LogP contribution in [-0.4, -0.2) is 9.97 Å². The van der Waals surface area contributed by atoms with Crippen molar-refractivity contribution in [3.05, 3.63) is 18.2 Å². The van der Waals surface area contributed by atoms with E-state index in [1.807, 2.05) is 6.20 Å². The molecule has 1 aromatic heterocycles. The van der Waals surface area contributed by atoms with Gasteiger partial charge in [-0.05, 0) is 6.42 Å². The molecule has 0 unspecified atom stereocenters. The molecule has 0 fully saturated rings. The Kier molecular flexibility index (Phi) is 3.00. The fourth-order valence-electron chi connectivity index (χ4n) is 0.977. The van der Waals surface area contributed by atoms with E-state index in [-0.39, 0.29) is 0 Å². The zero-order valence-corrected chi connectivity index (χ0v) is 6.43. The summed E-state index contributed by atoms with van der Waals surface area (Å²) in [6.07, 6.45) is 8.62. The zero-order valence-electron chi connectivity index (χ0n) is 6.43. The number of rotatable bonds is 4. The highest BCUT2D eigenvalue weighted by Crippen LogP contribution is 2.00. The molecule has 56 valence electrons.